The van der Waals surface area contributed by atoms with Gasteiger partial charge in [0.25, 0.3) is 0 Å². The maximum absolute atomic E-state index is 10.9. The monoisotopic (exact) mass is 320 g/mol. The van der Waals surface area contributed by atoms with Crippen molar-refractivity contribution in [3.8, 4) is 0 Å². The second kappa shape index (κ2) is 8.27. The lowest BCUT2D eigenvalue weighted by atomic mass is 9.73. The fourth-order valence-corrected chi connectivity index (χ4v) is 3.96. The van der Waals surface area contributed by atoms with E-state index in [4.69, 9.17) is 4.74 Å². The van der Waals surface area contributed by atoms with Crippen molar-refractivity contribution in [2.75, 3.05) is 6.61 Å². The van der Waals surface area contributed by atoms with E-state index >= 15 is 0 Å². The molecule has 0 aromatic heterocycles. The summed E-state index contributed by atoms with van der Waals surface area (Å²) in [5, 5.41) is 21.2. The Morgan fingerprint density at radius 3 is 2.78 bits per heavy atom. The lowest BCUT2D eigenvalue weighted by Crippen LogP contribution is -2.38. The molecule has 2 aliphatic rings. The predicted octanol–water partition coefficient (Wildman–Crippen LogP) is 3.98. The highest BCUT2D eigenvalue weighted by molar-refractivity contribution is 5.19. The van der Waals surface area contributed by atoms with Crippen molar-refractivity contribution in [2.24, 2.45) is 17.8 Å². The summed E-state index contributed by atoms with van der Waals surface area (Å²) < 4.78 is 5.49. The summed E-state index contributed by atoms with van der Waals surface area (Å²) in [5.74, 6) is 0.285. The molecule has 0 spiro atoms. The average molecular weight is 320 g/mol. The third kappa shape index (κ3) is 4.79. The zero-order valence-corrected chi connectivity index (χ0v) is 15.0. The molecule has 5 atom stereocenters. The van der Waals surface area contributed by atoms with E-state index in [9.17, 15) is 10.2 Å². The molecular weight excluding hydrogens is 288 g/mol. The van der Waals surface area contributed by atoms with Crippen molar-refractivity contribution in [1.29, 1.82) is 0 Å². The van der Waals surface area contributed by atoms with E-state index in [-0.39, 0.29) is 11.8 Å². The molecule has 0 aromatic rings. The Kier molecular flexibility index (Phi) is 6.63. The molecule has 1 aliphatic carbocycles. The van der Waals surface area contributed by atoms with Gasteiger partial charge in [0.1, 0.15) is 0 Å². The average Bonchev–Trinajstić information content (AvgIpc) is 2.82. The van der Waals surface area contributed by atoms with E-state index in [0.29, 0.717) is 18.9 Å². The molecule has 1 heterocycles. The first-order chi connectivity index (χ1) is 10.9. The third-order valence-electron chi connectivity index (χ3n) is 5.22. The summed E-state index contributed by atoms with van der Waals surface area (Å²) in [6.07, 6.45) is 8.96. The molecule has 5 unspecified atom stereocenters. The van der Waals surface area contributed by atoms with Crippen LogP contribution in [0, 0.1) is 17.8 Å². The zero-order valence-electron chi connectivity index (χ0n) is 15.0. The molecule has 1 saturated heterocycles. The van der Waals surface area contributed by atoms with Crippen molar-refractivity contribution >= 4 is 0 Å². The summed E-state index contributed by atoms with van der Waals surface area (Å²) in [4.78, 5) is 0. The maximum Gasteiger partial charge on any atom is 0.161 e. The van der Waals surface area contributed by atoms with Crippen LogP contribution in [-0.2, 0) is 4.74 Å². The lowest BCUT2D eigenvalue weighted by Gasteiger charge is -2.35. The Morgan fingerprint density at radius 2 is 2.09 bits per heavy atom. The SMILES string of the molecule is CC(C)=CCCC(C)C1C(O)CC(C)=CCC=C2COC(O)C21. The van der Waals surface area contributed by atoms with Crippen LogP contribution in [0.5, 0.6) is 0 Å². The fourth-order valence-electron chi connectivity index (χ4n) is 3.96. The van der Waals surface area contributed by atoms with E-state index in [0.717, 1.165) is 24.8 Å². The van der Waals surface area contributed by atoms with Crippen LogP contribution >= 0.6 is 0 Å². The molecule has 1 fully saturated rings. The van der Waals surface area contributed by atoms with E-state index in [1.807, 2.05) is 0 Å². The van der Waals surface area contributed by atoms with Crippen molar-refractivity contribution in [3.05, 3.63) is 34.9 Å². The van der Waals surface area contributed by atoms with Crippen molar-refractivity contribution in [2.45, 2.75) is 65.8 Å². The Balaban J connectivity index is 2.22. The molecule has 23 heavy (non-hydrogen) atoms. The van der Waals surface area contributed by atoms with E-state index in [1.165, 1.54) is 11.1 Å². The Bertz CT molecular complexity index is 485. The van der Waals surface area contributed by atoms with Gasteiger partial charge in [0.2, 0.25) is 0 Å². The molecule has 2 rings (SSSR count). The number of ether oxygens (including phenoxy) is 1. The van der Waals surface area contributed by atoms with E-state index in [1.54, 1.807) is 0 Å². The van der Waals surface area contributed by atoms with Gasteiger partial charge < -0.3 is 14.9 Å². The highest BCUT2D eigenvalue weighted by Crippen LogP contribution is 2.41. The van der Waals surface area contributed by atoms with Crippen LogP contribution in [0.15, 0.2) is 34.9 Å². The quantitative estimate of drug-likeness (QED) is 0.770. The number of allylic oxidation sites excluding steroid dienone is 4. The van der Waals surface area contributed by atoms with Crippen LogP contribution in [0.2, 0.25) is 0 Å². The minimum atomic E-state index is -0.787. The minimum Gasteiger partial charge on any atom is -0.392 e. The van der Waals surface area contributed by atoms with Crippen LogP contribution < -0.4 is 0 Å². The van der Waals surface area contributed by atoms with Gasteiger partial charge in [-0.15, -0.1) is 0 Å². The molecule has 0 saturated carbocycles. The molecule has 0 aromatic carbocycles. The van der Waals surface area contributed by atoms with Gasteiger partial charge in [-0.1, -0.05) is 36.3 Å². The number of rotatable bonds is 4. The minimum absolute atomic E-state index is 0.0331. The Morgan fingerprint density at radius 1 is 1.35 bits per heavy atom. The van der Waals surface area contributed by atoms with Crippen molar-refractivity contribution in [1.82, 2.24) is 0 Å². The van der Waals surface area contributed by atoms with E-state index < -0.39 is 12.4 Å². The molecule has 1 aliphatic heterocycles. The Hall–Kier alpha value is -0.900. The third-order valence-corrected chi connectivity index (χ3v) is 5.22. The molecular formula is C20H32O3. The molecule has 130 valence electrons. The zero-order chi connectivity index (χ0) is 17.0. The van der Waals surface area contributed by atoms with Crippen molar-refractivity contribution in [3.63, 3.8) is 0 Å². The second-order valence-corrected chi connectivity index (χ2v) is 7.48. The van der Waals surface area contributed by atoms with Crippen LogP contribution in [0.3, 0.4) is 0 Å². The van der Waals surface area contributed by atoms with Crippen LogP contribution in [0.1, 0.15) is 53.4 Å². The topological polar surface area (TPSA) is 49.7 Å². The summed E-state index contributed by atoms with van der Waals surface area (Å²) in [5.41, 5.74) is 3.71. The van der Waals surface area contributed by atoms with Gasteiger partial charge >= 0.3 is 0 Å². The van der Waals surface area contributed by atoms with Crippen molar-refractivity contribution < 1.29 is 14.9 Å². The molecule has 0 amide bonds. The molecule has 0 bridgehead atoms. The molecule has 2 N–H and O–H groups in total. The fraction of sp³-hybridized carbons (Fsp3) is 0.700. The standard InChI is InChI=1S/C20H32O3/c1-13(2)7-5-9-15(4)18-17(21)11-14(3)8-6-10-16-12-23-20(22)19(16)18/h7-8,10,15,17-22H,5-6,9,11-12H2,1-4H3. The highest BCUT2D eigenvalue weighted by atomic mass is 16.6. The van der Waals surface area contributed by atoms with Gasteiger partial charge in [0, 0.05) is 5.92 Å². The number of aliphatic hydroxyl groups excluding tert-OH is 2. The normalized spacial score (nSPS) is 32.8. The first-order valence-corrected chi connectivity index (χ1v) is 8.85. The summed E-state index contributed by atoms with van der Waals surface area (Å²) in [6.45, 7) is 9.00. The first-order valence-electron chi connectivity index (χ1n) is 8.85. The van der Waals surface area contributed by atoms with Gasteiger partial charge in [0.05, 0.1) is 12.7 Å². The van der Waals surface area contributed by atoms with Gasteiger partial charge in [0.15, 0.2) is 6.29 Å². The highest BCUT2D eigenvalue weighted by Gasteiger charge is 2.42. The van der Waals surface area contributed by atoms with Gasteiger partial charge in [-0.2, -0.15) is 0 Å². The van der Waals surface area contributed by atoms with Gasteiger partial charge in [-0.25, -0.2) is 0 Å². The maximum atomic E-state index is 10.9. The predicted molar refractivity (Wildman–Crippen MR) is 93.8 cm³/mol. The molecule has 3 heteroatoms. The Labute approximate surface area is 140 Å². The second-order valence-electron chi connectivity index (χ2n) is 7.48. The molecule has 3 nitrogen and oxygen atoms in total. The summed E-state index contributed by atoms with van der Waals surface area (Å²) >= 11 is 0. The molecule has 0 radical (unpaired) electrons. The summed E-state index contributed by atoms with van der Waals surface area (Å²) in [6, 6.07) is 0. The van der Waals surface area contributed by atoms with E-state index in [2.05, 4.69) is 45.9 Å². The number of aliphatic hydroxyl groups is 2. The number of hydrogen-bond acceptors (Lipinski definition) is 3. The van der Waals surface area contributed by atoms with Gasteiger partial charge in [-0.05, 0) is 63.9 Å². The lowest BCUT2D eigenvalue weighted by molar-refractivity contribution is -0.111. The number of fused-ring (bicyclic) bond motifs is 1. The van der Waals surface area contributed by atoms with Crippen LogP contribution in [0.4, 0.5) is 0 Å². The number of hydrogen-bond donors (Lipinski definition) is 2. The van der Waals surface area contributed by atoms with Crippen LogP contribution in [0.25, 0.3) is 0 Å². The largest absolute Gasteiger partial charge is 0.392 e. The summed E-state index contributed by atoms with van der Waals surface area (Å²) in [7, 11) is 0. The first kappa shape index (κ1) is 18.4. The van der Waals surface area contributed by atoms with Gasteiger partial charge in [-0.3, -0.25) is 0 Å². The van der Waals surface area contributed by atoms with Crippen LogP contribution in [-0.4, -0.2) is 29.2 Å². The smallest absolute Gasteiger partial charge is 0.161 e.